The molecular weight excluding hydrogens is 200 g/mol. The highest BCUT2D eigenvalue weighted by Crippen LogP contribution is 2.33. The molecule has 0 aromatic heterocycles. The summed E-state index contributed by atoms with van der Waals surface area (Å²) >= 11 is 0. The molecule has 1 aromatic rings. The Morgan fingerprint density at radius 3 is 2.73 bits per heavy atom. The molecule has 1 aromatic carbocycles. The number of aromatic hydroxyl groups is 1. The van der Waals surface area contributed by atoms with E-state index in [1.807, 2.05) is 0 Å². The number of phenols is 1. The fourth-order valence-electron chi connectivity index (χ4n) is 1.16. The van der Waals surface area contributed by atoms with Crippen LogP contribution in [0.3, 0.4) is 0 Å². The molecule has 82 valence electrons. The average molecular weight is 212 g/mol. The minimum Gasteiger partial charge on any atom is -0.504 e. The molecule has 1 rings (SSSR count). The zero-order chi connectivity index (χ0) is 11.4. The van der Waals surface area contributed by atoms with Gasteiger partial charge in [0.05, 0.1) is 6.61 Å². The lowest BCUT2D eigenvalue weighted by Gasteiger charge is -2.11. The van der Waals surface area contributed by atoms with Gasteiger partial charge in [0, 0.05) is 5.56 Å². The summed E-state index contributed by atoms with van der Waals surface area (Å²) in [6.07, 6.45) is -1.74. The molecule has 0 saturated carbocycles. The van der Waals surface area contributed by atoms with Crippen LogP contribution >= 0.6 is 0 Å². The van der Waals surface area contributed by atoms with E-state index in [1.54, 1.807) is 6.92 Å². The first-order valence-corrected chi connectivity index (χ1v) is 4.43. The molecule has 0 aliphatic carbocycles. The van der Waals surface area contributed by atoms with Gasteiger partial charge < -0.3 is 20.1 Å². The minimum absolute atomic E-state index is 0.0755. The molecule has 1 atom stereocenters. The van der Waals surface area contributed by atoms with Crippen LogP contribution in [0.4, 0.5) is 0 Å². The second-order valence-electron chi connectivity index (χ2n) is 2.87. The van der Waals surface area contributed by atoms with Crippen LogP contribution in [0.15, 0.2) is 18.2 Å². The summed E-state index contributed by atoms with van der Waals surface area (Å²) in [6, 6.07) is 4.33. The highest BCUT2D eigenvalue weighted by Gasteiger charge is 2.21. The number of carboxylic acids is 1. The second-order valence-corrected chi connectivity index (χ2v) is 2.87. The maximum atomic E-state index is 10.5. The number of hydrogen-bond donors (Lipinski definition) is 3. The monoisotopic (exact) mass is 212 g/mol. The van der Waals surface area contributed by atoms with E-state index in [-0.39, 0.29) is 17.1 Å². The van der Waals surface area contributed by atoms with E-state index in [2.05, 4.69) is 0 Å². The Morgan fingerprint density at radius 1 is 1.53 bits per heavy atom. The van der Waals surface area contributed by atoms with Gasteiger partial charge in [-0.15, -0.1) is 0 Å². The van der Waals surface area contributed by atoms with Crippen LogP contribution in [0.2, 0.25) is 0 Å². The van der Waals surface area contributed by atoms with Crippen molar-refractivity contribution in [2.45, 2.75) is 13.0 Å². The van der Waals surface area contributed by atoms with Gasteiger partial charge in [0.15, 0.2) is 17.6 Å². The molecule has 0 fully saturated rings. The third-order valence-electron chi connectivity index (χ3n) is 1.86. The number of rotatable bonds is 4. The summed E-state index contributed by atoms with van der Waals surface area (Å²) < 4.78 is 5.05. The van der Waals surface area contributed by atoms with Crippen molar-refractivity contribution in [3.63, 3.8) is 0 Å². The van der Waals surface area contributed by atoms with Gasteiger partial charge in [-0.2, -0.15) is 0 Å². The Bertz CT molecular complexity index is 361. The first kappa shape index (κ1) is 11.3. The van der Waals surface area contributed by atoms with Crippen molar-refractivity contribution >= 4 is 5.97 Å². The molecule has 0 saturated heterocycles. The van der Waals surface area contributed by atoms with Crippen LogP contribution in [0.5, 0.6) is 11.5 Å². The molecule has 3 N–H and O–H groups in total. The molecule has 0 bridgehead atoms. The summed E-state index contributed by atoms with van der Waals surface area (Å²) in [7, 11) is 0. The van der Waals surface area contributed by atoms with E-state index in [0.717, 1.165) is 0 Å². The topological polar surface area (TPSA) is 87.0 Å². The third kappa shape index (κ3) is 2.38. The maximum Gasteiger partial charge on any atom is 0.337 e. The number of ether oxygens (including phenoxy) is 1. The zero-order valence-electron chi connectivity index (χ0n) is 8.17. The predicted octanol–water partition coefficient (Wildman–Crippen LogP) is 0.909. The van der Waals surface area contributed by atoms with Gasteiger partial charge in [-0.05, 0) is 13.0 Å². The van der Waals surface area contributed by atoms with E-state index in [4.69, 9.17) is 9.84 Å². The van der Waals surface area contributed by atoms with E-state index >= 15 is 0 Å². The van der Waals surface area contributed by atoms with Crippen molar-refractivity contribution in [2.75, 3.05) is 6.61 Å². The Kier molecular flexibility index (Phi) is 3.51. The summed E-state index contributed by atoms with van der Waals surface area (Å²) in [6.45, 7) is 2.08. The van der Waals surface area contributed by atoms with Gasteiger partial charge in [-0.1, -0.05) is 12.1 Å². The number of aliphatic hydroxyl groups excluding tert-OH is 1. The van der Waals surface area contributed by atoms with Crippen LogP contribution in [0.1, 0.15) is 18.6 Å². The van der Waals surface area contributed by atoms with Gasteiger partial charge in [0.2, 0.25) is 0 Å². The van der Waals surface area contributed by atoms with Crippen molar-refractivity contribution in [1.82, 2.24) is 0 Å². The number of aliphatic hydroxyl groups is 1. The van der Waals surface area contributed by atoms with Crippen LogP contribution in [0, 0.1) is 0 Å². The highest BCUT2D eigenvalue weighted by molar-refractivity contribution is 5.75. The van der Waals surface area contributed by atoms with Crippen LogP contribution in [-0.4, -0.2) is 27.9 Å². The minimum atomic E-state index is -1.74. The Balaban J connectivity index is 3.08. The summed E-state index contributed by atoms with van der Waals surface area (Å²) in [5, 5.41) is 27.4. The van der Waals surface area contributed by atoms with Crippen molar-refractivity contribution in [1.29, 1.82) is 0 Å². The van der Waals surface area contributed by atoms with E-state index < -0.39 is 12.1 Å². The fourth-order valence-corrected chi connectivity index (χ4v) is 1.16. The highest BCUT2D eigenvalue weighted by atomic mass is 16.5. The quantitative estimate of drug-likeness (QED) is 0.690. The number of benzene rings is 1. The molecule has 0 aliphatic rings. The molecule has 0 aliphatic heterocycles. The predicted molar refractivity (Wildman–Crippen MR) is 51.9 cm³/mol. The molecule has 15 heavy (non-hydrogen) atoms. The Morgan fingerprint density at radius 2 is 2.20 bits per heavy atom. The molecule has 0 unspecified atom stereocenters. The normalized spacial score (nSPS) is 12.1. The molecular formula is C10H12O5. The second kappa shape index (κ2) is 4.65. The number of aliphatic carboxylic acids is 1. The average Bonchev–Trinajstić information content (AvgIpc) is 2.20. The van der Waals surface area contributed by atoms with Gasteiger partial charge in [-0.3, -0.25) is 0 Å². The molecule has 0 amide bonds. The SMILES string of the molecule is CCOc1cccc([C@@H](O)C(=O)O)c1O. The number of carbonyl (C=O) groups is 1. The number of carboxylic acid groups (broad SMARTS) is 1. The molecule has 5 heteroatoms. The zero-order valence-corrected chi connectivity index (χ0v) is 8.17. The Hall–Kier alpha value is -1.75. The number of hydrogen-bond acceptors (Lipinski definition) is 4. The Labute approximate surface area is 86.5 Å². The molecule has 0 heterocycles. The number of para-hydroxylation sites is 1. The van der Waals surface area contributed by atoms with Gasteiger partial charge in [-0.25, -0.2) is 4.79 Å². The van der Waals surface area contributed by atoms with E-state index in [1.165, 1.54) is 18.2 Å². The first-order valence-electron chi connectivity index (χ1n) is 4.43. The van der Waals surface area contributed by atoms with Crippen molar-refractivity contribution in [2.24, 2.45) is 0 Å². The van der Waals surface area contributed by atoms with Crippen LogP contribution in [-0.2, 0) is 4.79 Å². The molecule has 5 nitrogen and oxygen atoms in total. The largest absolute Gasteiger partial charge is 0.504 e. The third-order valence-corrected chi connectivity index (χ3v) is 1.86. The maximum absolute atomic E-state index is 10.5. The lowest BCUT2D eigenvalue weighted by atomic mass is 10.1. The van der Waals surface area contributed by atoms with Gasteiger partial charge in [0.25, 0.3) is 0 Å². The number of phenolic OH excluding ortho intramolecular Hbond substituents is 1. The van der Waals surface area contributed by atoms with Crippen LogP contribution in [0.25, 0.3) is 0 Å². The molecule has 0 spiro atoms. The smallest absolute Gasteiger partial charge is 0.337 e. The standard InChI is InChI=1S/C10H12O5/c1-2-15-7-5-3-4-6(8(7)11)9(12)10(13)14/h3-5,9,11-12H,2H2,1H3,(H,13,14)/t9-/m1/s1. The lowest BCUT2D eigenvalue weighted by Crippen LogP contribution is -2.10. The van der Waals surface area contributed by atoms with Gasteiger partial charge >= 0.3 is 5.97 Å². The summed E-state index contributed by atoms with van der Waals surface area (Å²) in [5.74, 6) is -1.59. The first-order chi connectivity index (χ1) is 7.07. The van der Waals surface area contributed by atoms with Crippen molar-refractivity contribution in [3.8, 4) is 11.5 Å². The molecule has 0 radical (unpaired) electrons. The van der Waals surface area contributed by atoms with Crippen molar-refractivity contribution < 1.29 is 24.9 Å². The fraction of sp³-hybridized carbons (Fsp3) is 0.300. The van der Waals surface area contributed by atoms with E-state index in [0.29, 0.717) is 6.61 Å². The van der Waals surface area contributed by atoms with Crippen molar-refractivity contribution in [3.05, 3.63) is 23.8 Å². The summed E-state index contributed by atoms with van der Waals surface area (Å²) in [5.41, 5.74) is -0.0755. The van der Waals surface area contributed by atoms with Gasteiger partial charge in [0.1, 0.15) is 0 Å². The lowest BCUT2D eigenvalue weighted by molar-refractivity contribution is -0.147. The van der Waals surface area contributed by atoms with E-state index in [9.17, 15) is 15.0 Å². The van der Waals surface area contributed by atoms with Crippen LogP contribution < -0.4 is 4.74 Å². The summed E-state index contributed by atoms with van der Waals surface area (Å²) in [4.78, 5) is 10.5.